The summed E-state index contributed by atoms with van der Waals surface area (Å²) in [6.45, 7) is 1.20. The highest BCUT2D eigenvalue weighted by atomic mass is 35.5. The first-order chi connectivity index (χ1) is 11.5. The number of H-pyrrole nitrogens is 1. The smallest absolute Gasteiger partial charge is 0.407 e. The van der Waals surface area contributed by atoms with E-state index in [-0.39, 0.29) is 22.8 Å². The second-order valence-corrected chi connectivity index (χ2v) is 7.59. The minimum absolute atomic E-state index is 0.0278. The standard InChI is InChI=1S/C16H21ClN4O3/c17-13-12(8-18-20-14(13)22)21-6-3-11(9-21)24-15(23)19-16-4-1-10(7-16)2-5-16/h8,10-11H,1-7,9H2,(H,19,23)(H,20,22)/t10?,11-,16?/m1/s1. The van der Waals surface area contributed by atoms with Crippen molar-refractivity contribution in [3.63, 3.8) is 0 Å². The number of hydrogen-bond acceptors (Lipinski definition) is 5. The van der Waals surface area contributed by atoms with Gasteiger partial charge in [0.15, 0.2) is 0 Å². The molecule has 2 bridgehead atoms. The summed E-state index contributed by atoms with van der Waals surface area (Å²) in [4.78, 5) is 25.7. The molecule has 1 amide bonds. The molecule has 24 heavy (non-hydrogen) atoms. The number of alkyl carbamates (subject to hydrolysis) is 1. The second kappa shape index (κ2) is 5.95. The lowest BCUT2D eigenvalue weighted by Gasteiger charge is -2.28. The predicted molar refractivity (Wildman–Crippen MR) is 89.4 cm³/mol. The van der Waals surface area contributed by atoms with Gasteiger partial charge in [0.1, 0.15) is 11.1 Å². The topological polar surface area (TPSA) is 87.3 Å². The van der Waals surface area contributed by atoms with Crippen LogP contribution in [0, 0.1) is 5.92 Å². The summed E-state index contributed by atoms with van der Waals surface area (Å²) in [5.74, 6) is 0.776. The van der Waals surface area contributed by atoms with Crippen molar-refractivity contribution in [1.82, 2.24) is 15.5 Å². The van der Waals surface area contributed by atoms with E-state index < -0.39 is 5.56 Å². The Morgan fingerprint density at radius 3 is 2.92 bits per heavy atom. The average molecular weight is 353 g/mol. The minimum atomic E-state index is -0.410. The Morgan fingerprint density at radius 2 is 2.21 bits per heavy atom. The third kappa shape index (κ3) is 2.85. The maximum absolute atomic E-state index is 12.3. The molecule has 8 heteroatoms. The average Bonchev–Trinajstić information content (AvgIpc) is 3.25. The van der Waals surface area contributed by atoms with Crippen molar-refractivity contribution in [3.8, 4) is 0 Å². The Kier molecular flexibility index (Phi) is 3.90. The molecule has 1 aliphatic heterocycles. The van der Waals surface area contributed by atoms with Gasteiger partial charge in [0.25, 0.3) is 5.56 Å². The lowest BCUT2D eigenvalue weighted by molar-refractivity contribution is 0.0975. The number of carbonyl (C=O) groups is 1. The molecule has 130 valence electrons. The number of hydrogen-bond donors (Lipinski definition) is 2. The molecule has 3 fully saturated rings. The summed E-state index contributed by atoms with van der Waals surface area (Å²) in [5, 5.41) is 9.32. The highest BCUT2D eigenvalue weighted by Gasteiger charge is 2.46. The number of ether oxygens (including phenoxy) is 1. The molecule has 3 aliphatic rings. The Bertz CT molecular complexity index is 699. The Morgan fingerprint density at radius 1 is 1.42 bits per heavy atom. The first-order valence-electron chi connectivity index (χ1n) is 8.52. The summed E-state index contributed by atoms with van der Waals surface area (Å²) in [7, 11) is 0. The molecule has 1 saturated heterocycles. The number of anilines is 1. The lowest BCUT2D eigenvalue weighted by atomic mass is 9.94. The van der Waals surface area contributed by atoms with Crippen molar-refractivity contribution in [3.05, 3.63) is 21.6 Å². The zero-order chi connectivity index (χ0) is 16.7. The molecule has 7 nitrogen and oxygen atoms in total. The van der Waals surface area contributed by atoms with Crippen LogP contribution in [0.1, 0.15) is 38.5 Å². The number of nitrogens with zero attached hydrogens (tertiary/aromatic N) is 2. The van der Waals surface area contributed by atoms with Gasteiger partial charge in [-0.25, -0.2) is 9.89 Å². The number of rotatable bonds is 3. The molecule has 0 unspecified atom stereocenters. The molecule has 1 atom stereocenters. The maximum atomic E-state index is 12.3. The number of amides is 1. The fourth-order valence-electron chi connectivity index (χ4n) is 4.40. The SMILES string of the molecule is O=C(NC12CCC(CC1)C2)O[C@@H]1CCN(c2cn[nH]c(=O)c2Cl)C1. The van der Waals surface area contributed by atoms with Crippen LogP contribution in [-0.4, -0.2) is 41.0 Å². The first kappa shape index (κ1) is 15.7. The fraction of sp³-hybridized carbons (Fsp3) is 0.688. The van der Waals surface area contributed by atoms with Gasteiger partial charge in [0.2, 0.25) is 0 Å². The van der Waals surface area contributed by atoms with Crippen LogP contribution in [0.2, 0.25) is 5.02 Å². The van der Waals surface area contributed by atoms with Crippen LogP contribution in [0.15, 0.2) is 11.0 Å². The second-order valence-electron chi connectivity index (χ2n) is 7.21. The van der Waals surface area contributed by atoms with Gasteiger partial charge in [-0.15, -0.1) is 0 Å². The molecule has 1 aromatic heterocycles. The molecule has 1 aromatic rings. The van der Waals surface area contributed by atoms with E-state index in [1.54, 1.807) is 0 Å². The number of carbonyl (C=O) groups excluding carboxylic acids is 1. The molecular formula is C16H21ClN4O3. The number of aromatic nitrogens is 2. The van der Waals surface area contributed by atoms with E-state index in [0.717, 1.165) is 25.2 Å². The van der Waals surface area contributed by atoms with E-state index >= 15 is 0 Å². The van der Waals surface area contributed by atoms with E-state index in [0.29, 0.717) is 25.2 Å². The van der Waals surface area contributed by atoms with Crippen molar-refractivity contribution < 1.29 is 9.53 Å². The van der Waals surface area contributed by atoms with Gasteiger partial charge in [-0.2, -0.15) is 5.10 Å². The van der Waals surface area contributed by atoms with E-state index in [1.165, 1.54) is 19.0 Å². The zero-order valence-electron chi connectivity index (χ0n) is 13.4. The highest BCUT2D eigenvalue weighted by Crippen LogP contribution is 2.47. The van der Waals surface area contributed by atoms with E-state index in [9.17, 15) is 9.59 Å². The number of halogens is 1. The molecule has 2 N–H and O–H groups in total. The summed E-state index contributed by atoms with van der Waals surface area (Å²) < 4.78 is 5.60. The Hall–Kier alpha value is -1.76. The normalized spacial score (nSPS) is 31.5. The Balaban J connectivity index is 1.34. The number of nitrogens with one attached hydrogen (secondary N) is 2. The van der Waals surface area contributed by atoms with E-state index in [2.05, 4.69) is 15.5 Å². The monoisotopic (exact) mass is 352 g/mol. The fourth-order valence-corrected chi connectivity index (χ4v) is 4.61. The molecule has 2 aliphatic carbocycles. The van der Waals surface area contributed by atoms with Crippen molar-refractivity contribution in [2.24, 2.45) is 5.92 Å². The largest absolute Gasteiger partial charge is 0.444 e. The van der Waals surface area contributed by atoms with Crippen LogP contribution in [0.4, 0.5) is 10.5 Å². The van der Waals surface area contributed by atoms with Crippen LogP contribution in [0.3, 0.4) is 0 Å². The molecular weight excluding hydrogens is 332 g/mol. The molecule has 2 heterocycles. The first-order valence-corrected chi connectivity index (χ1v) is 8.89. The predicted octanol–water partition coefficient (Wildman–Crippen LogP) is 2.06. The molecule has 0 spiro atoms. The van der Waals surface area contributed by atoms with Crippen LogP contribution in [0.5, 0.6) is 0 Å². The zero-order valence-corrected chi connectivity index (χ0v) is 14.1. The summed E-state index contributed by atoms with van der Waals surface area (Å²) in [6, 6.07) is 0. The van der Waals surface area contributed by atoms with Gasteiger partial charge >= 0.3 is 6.09 Å². The van der Waals surface area contributed by atoms with Crippen LogP contribution >= 0.6 is 11.6 Å². The lowest BCUT2D eigenvalue weighted by Crippen LogP contribution is -2.46. The van der Waals surface area contributed by atoms with Gasteiger partial charge in [-0.3, -0.25) is 4.79 Å². The molecule has 4 rings (SSSR count). The quantitative estimate of drug-likeness (QED) is 0.869. The van der Waals surface area contributed by atoms with Gasteiger partial charge < -0.3 is 15.0 Å². The summed E-state index contributed by atoms with van der Waals surface area (Å²) >= 11 is 6.04. The van der Waals surface area contributed by atoms with Gasteiger partial charge in [-0.1, -0.05) is 11.6 Å². The molecule has 0 radical (unpaired) electrons. The minimum Gasteiger partial charge on any atom is -0.444 e. The van der Waals surface area contributed by atoms with Crippen molar-refractivity contribution in [2.45, 2.75) is 50.2 Å². The van der Waals surface area contributed by atoms with Crippen LogP contribution in [0.25, 0.3) is 0 Å². The van der Waals surface area contributed by atoms with Crippen LogP contribution in [-0.2, 0) is 4.74 Å². The summed E-state index contributed by atoms with van der Waals surface area (Å²) in [5.41, 5.74) is 0.146. The van der Waals surface area contributed by atoms with Gasteiger partial charge in [0.05, 0.1) is 18.4 Å². The maximum Gasteiger partial charge on any atom is 0.407 e. The number of aromatic amines is 1. The van der Waals surface area contributed by atoms with Gasteiger partial charge in [-0.05, 0) is 38.0 Å². The highest BCUT2D eigenvalue weighted by molar-refractivity contribution is 6.33. The van der Waals surface area contributed by atoms with Crippen LogP contribution < -0.4 is 15.8 Å². The molecule has 0 aromatic carbocycles. The van der Waals surface area contributed by atoms with E-state index in [4.69, 9.17) is 16.3 Å². The van der Waals surface area contributed by atoms with Crippen molar-refractivity contribution >= 4 is 23.4 Å². The van der Waals surface area contributed by atoms with E-state index in [1.807, 2.05) is 4.90 Å². The summed E-state index contributed by atoms with van der Waals surface area (Å²) in [6.07, 6.45) is 7.38. The van der Waals surface area contributed by atoms with Gasteiger partial charge in [0, 0.05) is 18.5 Å². The Labute approximate surface area is 144 Å². The molecule has 2 saturated carbocycles. The third-order valence-electron chi connectivity index (χ3n) is 5.65. The van der Waals surface area contributed by atoms with Crippen molar-refractivity contribution in [2.75, 3.05) is 18.0 Å². The van der Waals surface area contributed by atoms with Crippen molar-refractivity contribution in [1.29, 1.82) is 0 Å². The number of fused-ring (bicyclic) bond motifs is 2. The third-order valence-corrected chi connectivity index (χ3v) is 6.01.